The number of carbonyl (C=O) groups excluding carboxylic acids is 1. The molecule has 6 rings (SSSR count). The van der Waals surface area contributed by atoms with Gasteiger partial charge in [-0.2, -0.15) is 0 Å². The number of pyridine rings is 1. The Morgan fingerprint density at radius 2 is 2.05 bits per heavy atom. The van der Waals surface area contributed by atoms with Crippen LogP contribution in [0, 0.1) is 11.8 Å². The number of aryl methyl sites for hydroxylation is 1. The number of amides is 1. The van der Waals surface area contributed by atoms with Gasteiger partial charge in [0, 0.05) is 48.9 Å². The molecule has 4 heterocycles. The van der Waals surface area contributed by atoms with Crippen LogP contribution >= 0.6 is 0 Å². The average molecular weight is 545 g/mol. The van der Waals surface area contributed by atoms with Gasteiger partial charge < -0.3 is 29.6 Å². The average Bonchev–Trinajstić information content (AvgIpc) is 3.50. The molecule has 1 aliphatic heterocycles. The number of benzene rings is 1. The number of aromatic nitrogens is 4. The second-order valence-corrected chi connectivity index (χ2v) is 11.7. The smallest absolute Gasteiger partial charge is 0.254 e. The molecule has 1 aliphatic carbocycles. The van der Waals surface area contributed by atoms with Crippen LogP contribution in [0.2, 0.25) is 0 Å². The summed E-state index contributed by atoms with van der Waals surface area (Å²) >= 11 is 0. The zero-order valence-corrected chi connectivity index (χ0v) is 23.9. The van der Waals surface area contributed by atoms with E-state index in [2.05, 4.69) is 28.2 Å². The topological polar surface area (TPSA) is 111 Å². The molecule has 3 aromatic heterocycles. The maximum atomic E-state index is 13.8. The van der Waals surface area contributed by atoms with Gasteiger partial charge in [-0.25, -0.2) is 9.97 Å². The molecule has 4 atom stereocenters. The predicted molar refractivity (Wildman–Crippen MR) is 156 cm³/mol. The lowest BCUT2D eigenvalue weighted by atomic mass is 9.98. The second kappa shape index (κ2) is 10.5. The van der Waals surface area contributed by atoms with Crippen molar-refractivity contribution in [2.45, 2.75) is 77.7 Å². The summed E-state index contributed by atoms with van der Waals surface area (Å²) in [6.45, 7) is 8.06. The number of methoxy groups -OCH3 is 1. The Labute approximate surface area is 234 Å². The Hall–Kier alpha value is -3.43. The molecule has 1 amide bonds. The van der Waals surface area contributed by atoms with E-state index >= 15 is 0 Å². The summed E-state index contributed by atoms with van der Waals surface area (Å²) in [4.78, 5) is 25.5. The van der Waals surface area contributed by atoms with Gasteiger partial charge >= 0.3 is 0 Å². The summed E-state index contributed by atoms with van der Waals surface area (Å²) in [7, 11) is 1.63. The van der Waals surface area contributed by atoms with E-state index in [1.807, 2.05) is 36.2 Å². The first-order valence-electron chi connectivity index (χ1n) is 14.6. The molecule has 9 nitrogen and oxygen atoms in total. The fraction of sp³-hybridized carbons (Fsp3) is 0.516. The molecule has 1 saturated heterocycles. The fourth-order valence-corrected chi connectivity index (χ4v) is 6.23. The Kier molecular flexibility index (Phi) is 7.04. The molecule has 0 bridgehead atoms. The number of nitrogens with zero attached hydrogens (tertiary/aromatic N) is 5. The minimum absolute atomic E-state index is 0.0344. The number of hydrogen-bond acceptors (Lipinski definition) is 6. The van der Waals surface area contributed by atoms with E-state index < -0.39 is 6.10 Å². The highest BCUT2D eigenvalue weighted by Gasteiger charge is 2.39. The number of likely N-dealkylation sites (tertiary alicyclic amines) is 1. The molecule has 2 aliphatic rings. The van der Waals surface area contributed by atoms with E-state index in [4.69, 9.17) is 20.4 Å². The van der Waals surface area contributed by atoms with Gasteiger partial charge in [-0.15, -0.1) is 0 Å². The van der Waals surface area contributed by atoms with E-state index in [-0.39, 0.29) is 23.9 Å². The summed E-state index contributed by atoms with van der Waals surface area (Å²) in [6, 6.07) is 9.83. The third-order valence-electron chi connectivity index (χ3n) is 8.88. The minimum Gasteiger partial charge on any atom is -0.494 e. The maximum absolute atomic E-state index is 13.8. The number of rotatable bonds is 9. The minimum atomic E-state index is -0.469. The van der Waals surface area contributed by atoms with Crippen molar-refractivity contribution < 1.29 is 14.6 Å². The van der Waals surface area contributed by atoms with Crippen LogP contribution in [0.1, 0.15) is 56.8 Å². The van der Waals surface area contributed by atoms with Crippen LogP contribution in [-0.4, -0.2) is 66.9 Å². The third kappa shape index (κ3) is 4.65. The van der Waals surface area contributed by atoms with E-state index in [1.165, 1.54) is 12.8 Å². The van der Waals surface area contributed by atoms with Crippen molar-refractivity contribution in [3.63, 3.8) is 0 Å². The molecule has 1 saturated carbocycles. The first kappa shape index (κ1) is 26.8. The van der Waals surface area contributed by atoms with Crippen molar-refractivity contribution in [1.29, 1.82) is 0 Å². The summed E-state index contributed by atoms with van der Waals surface area (Å²) < 4.78 is 10.3. The van der Waals surface area contributed by atoms with E-state index in [1.54, 1.807) is 14.0 Å². The molecular formula is C31H40N6O3. The summed E-state index contributed by atoms with van der Waals surface area (Å²) in [5.74, 6) is 2.27. The van der Waals surface area contributed by atoms with Crippen molar-refractivity contribution in [1.82, 2.24) is 24.0 Å². The van der Waals surface area contributed by atoms with Crippen molar-refractivity contribution in [3.05, 3.63) is 42.1 Å². The summed E-state index contributed by atoms with van der Waals surface area (Å²) in [5.41, 5.74) is 10.5. The lowest BCUT2D eigenvalue weighted by Crippen LogP contribution is -2.41. The van der Waals surface area contributed by atoms with Crippen LogP contribution in [0.3, 0.4) is 0 Å². The second-order valence-electron chi connectivity index (χ2n) is 11.7. The molecular weight excluding hydrogens is 504 g/mol. The molecule has 3 N–H and O–H groups in total. The first-order valence-corrected chi connectivity index (χ1v) is 14.6. The van der Waals surface area contributed by atoms with E-state index in [0.717, 1.165) is 41.0 Å². The number of imidazole rings is 1. The largest absolute Gasteiger partial charge is 0.494 e. The van der Waals surface area contributed by atoms with Gasteiger partial charge in [0.2, 0.25) is 0 Å². The van der Waals surface area contributed by atoms with Crippen LogP contribution in [-0.2, 0) is 13.1 Å². The van der Waals surface area contributed by atoms with Crippen molar-refractivity contribution >= 4 is 28.0 Å². The van der Waals surface area contributed by atoms with Gasteiger partial charge in [0.05, 0.1) is 24.4 Å². The Morgan fingerprint density at radius 1 is 1.25 bits per heavy atom. The molecule has 40 heavy (non-hydrogen) atoms. The van der Waals surface area contributed by atoms with Crippen molar-refractivity contribution in [2.24, 2.45) is 17.6 Å². The number of carbonyl (C=O) groups is 1. The van der Waals surface area contributed by atoms with Crippen LogP contribution in [0.4, 0.5) is 0 Å². The van der Waals surface area contributed by atoms with Crippen LogP contribution in [0.25, 0.3) is 33.6 Å². The van der Waals surface area contributed by atoms with Gasteiger partial charge in [0.1, 0.15) is 16.9 Å². The Morgan fingerprint density at radius 3 is 2.73 bits per heavy atom. The highest BCUT2D eigenvalue weighted by Crippen LogP contribution is 2.38. The van der Waals surface area contributed by atoms with Crippen LogP contribution in [0.5, 0.6) is 5.75 Å². The van der Waals surface area contributed by atoms with Gasteiger partial charge in [0.25, 0.3) is 5.91 Å². The lowest BCUT2D eigenvalue weighted by Gasteiger charge is -2.23. The van der Waals surface area contributed by atoms with Gasteiger partial charge in [0.15, 0.2) is 5.82 Å². The number of aliphatic hydroxyl groups is 1. The first-order chi connectivity index (χ1) is 19.3. The molecule has 1 aromatic carbocycles. The fourth-order valence-electron chi connectivity index (χ4n) is 6.23. The zero-order chi connectivity index (χ0) is 28.1. The van der Waals surface area contributed by atoms with Crippen LogP contribution in [0.15, 0.2) is 36.5 Å². The number of fused-ring (bicyclic) bond motifs is 2. The highest BCUT2D eigenvalue weighted by atomic mass is 16.5. The normalized spacial score (nSPS) is 21.9. The summed E-state index contributed by atoms with van der Waals surface area (Å²) in [6.07, 6.45) is 5.32. The molecule has 3 unspecified atom stereocenters. The van der Waals surface area contributed by atoms with E-state index in [9.17, 15) is 9.90 Å². The Balaban J connectivity index is 1.50. The number of hydrogen-bond donors (Lipinski definition) is 2. The molecule has 212 valence electrons. The highest BCUT2D eigenvalue weighted by molar-refractivity contribution is 6.00. The summed E-state index contributed by atoms with van der Waals surface area (Å²) in [5, 5.41) is 11.3. The molecule has 0 spiro atoms. The molecule has 4 aromatic rings. The van der Waals surface area contributed by atoms with Crippen molar-refractivity contribution in [3.8, 4) is 17.3 Å². The van der Waals surface area contributed by atoms with Gasteiger partial charge in [-0.3, -0.25) is 4.79 Å². The zero-order valence-electron chi connectivity index (χ0n) is 23.9. The Bertz CT molecular complexity index is 1550. The van der Waals surface area contributed by atoms with Gasteiger partial charge in [-0.1, -0.05) is 13.3 Å². The quantitative estimate of drug-likeness (QED) is 0.322. The lowest BCUT2D eigenvalue weighted by molar-refractivity contribution is 0.0739. The van der Waals surface area contributed by atoms with Crippen molar-refractivity contribution in [2.75, 3.05) is 13.7 Å². The van der Waals surface area contributed by atoms with Crippen LogP contribution < -0.4 is 10.5 Å². The third-order valence-corrected chi connectivity index (χ3v) is 8.88. The predicted octanol–water partition coefficient (Wildman–Crippen LogP) is 4.44. The SMILES string of the molecule is CCC1CN(C(=O)c2cc(OC)c3c(c2)nc(-c2cc4cccnc4n2CC2CC2)n3CC[C@@H](C)O)C(C)C1N. The molecule has 0 radical (unpaired) electrons. The van der Waals surface area contributed by atoms with E-state index in [0.29, 0.717) is 42.3 Å². The number of aliphatic hydroxyl groups excluding tert-OH is 1. The maximum Gasteiger partial charge on any atom is 0.254 e. The standard InChI is InChI=1S/C31H40N6O3/c1-5-21-17-36(19(3)27(21)32)31(39)23-13-24-28(26(15-23)40-4)35(12-10-18(2)38)30(34-24)25-14-22-7-6-11-33-29(22)37(25)16-20-8-9-20/h6-7,11,13-15,18-21,27,38H,5,8-10,12,16-17,32H2,1-4H3/t18-,19?,21?,27?/m1/s1. The molecule has 2 fully saturated rings. The monoisotopic (exact) mass is 544 g/mol. The molecule has 9 heteroatoms. The number of nitrogens with two attached hydrogens (primary N) is 1. The van der Waals surface area contributed by atoms with Gasteiger partial charge in [-0.05, 0) is 75.3 Å². The number of ether oxygens (including phenoxy) is 1.